The zero-order valence-corrected chi connectivity index (χ0v) is 7.66. The van der Waals surface area contributed by atoms with Crippen molar-refractivity contribution in [3.05, 3.63) is 0 Å². The van der Waals surface area contributed by atoms with Gasteiger partial charge in [-0.25, -0.2) is 4.79 Å². The molecule has 0 bridgehead atoms. The van der Waals surface area contributed by atoms with E-state index >= 15 is 0 Å². The number of nitrogens with two attached hydrogens (primary N) is 1. The van der Waals surface area contributed by atoms with E-state index in [4.69, 9.17) is 5.11 Å². The van der Waals surface area contributed by atoms with Gasteiger partial charge in [0.15, 0.2) is 0 Å². The molecule has 0 aromatic carbocycles. The molecule has 0 aromatic rings. The molecule has 0 aliphatic heterocycles. The van der Waals surface area contributed by atoms with Crippen LogP contribution in [0.3, 0.4) is 0 Å². The zero-order valence-electron chi connectivity index (χ0n) is 7.66. The molecule has 2 amide bonds. The highest BCUT2D eigenvalue weighted by atomic mass is 16.5. The van der Waals surface area contributed by atoms with Crippen molar-refractivity contribution >= 4 is 12.0 Å². The van der Waals surface area contributed by atoms with Crippen molar-refractivity contribution in [3.63, 3.8) is 0 Å². The second-order valence-corrected chi connectivity index (χ2v) is 2.98. The van der Waals surface area contributed by atoms with Gasteiger partial charge in [0.1, 0.15) is 12.2 Å². The minimum absolute atomic E-state index is 0.00282. The predicted molar refractivity (Wildman–Crippen MR) is 44.8 cm³/mol. The highest BCUT2D eigenvalue weighted by molar-refractivity contribution is 5.83. The van der Waals surface area contributed by atoms with E-state index in [0.29, 0.717) is 0 Å². The number of amides is 2. The van der Waals surface area contributed by atoms with Crippen LogP contribution in [0, 0.1) is 0 Å². The van der Waals surface area contributed by atoms with E-state index in [2.05, 4.69) is 15.8 Å². The monoisotopic (exact) mass is 190 g/mol. The van der Waals surface area contributed by atoms with Gasteiger partial charge in [-0.1, -0.05) is 0 Å². The summed E-state index contributed by atoms with van der Waals surface area (Å²) < 4.78 is 4.35. The van der Waals surface area contributed by atoms with Gasteiger partial charge in [0.25, 0.3) is 5.91 Å². The van der Waals surface area contributed by atoms with Crippen molar-refractivity contribution in [1.29, 1.82) is 0 Å². The Morgan fingerprint density at radius 2 is 2.08 bits per heavy atom. The maximum Gasteiger partial charge on any atom is 0.404 e. The summed E-state index contributed by atoms with van der Waals surface area (Å²) in [6.45, 7) is 2.84. The first kappa shape index (κ1) is 11.7. The van der Waals surface area contributed by atoms with E-state index in [1.54, 1.807) is 0 Å². The Kier molecular flexibility index (Phi) is 4.19. The quantitative estimate of drug-likeness (QED) is 0.493. The van der Waals surface area contributed by atoms with Gasteiger partial charge in [0, 0.05) is 0 Å². The lowest BCUT2D eigenvalue weighted by Crippen LogP contribution is -2.43. The summed E-state index contributed by atoms with van der Waals surface area (Å²) >= 11 is 0. The maximum absolute atomic E-state index is 11.0. The number of hydrogen-bond acceptors (Lipinski definition) is 4. The Bertz CT molecular complexity index is 197. The van der Waals surface area contributed by atoms with Crippen LogP contribution < -0.4 is 11.1 Å². The van der Waals surface area contributed by atoms with Crippen LogP contribution in [-0.4, -0.2) is 35.9 Å². The molecule has 0 heterocycles. The molecule has 76 valence electrons. The van der Waals surface area contributed by atoms with Gasteiger partial charge in [-0.05, 0) is 13.8 Å². The second kappa shape index (κ2) is 4.66. The molecule has 0 unspecified atom stereocenters. The second-order valence-electron chi connectivity index (χ2n) is 2.98. The van der Waals surface area contributed by atoms with Gasteiger partial charge >= 0.3 is 6.09 Å². The molecule has 4 N–H and O–H groups in total. The lowest BCUT2D eigenvalue weighted by atomic mass is 10.1. The fourth-order valence-corrected chi connectivity index (χ4v) is 0.532. The third kappa shape index (κ3) is 5.92. The average Bonchev–Trinajstić information content (AvgIpc) is 1.95. The summed E-state index contributed by atoms with van der Waals surface area (Å²) in [4.78, 5) is 21.1. The van der Waals surface area contributed by atoms with E-state index in [0.717, 1.165) is 0 Å². The molecule has 0 aromatic heterocycles. The molecule has 13 heavy (non-hydrogen) atoms. The van der Waals surface area contributed by atoms with E-state index in [1.165, 1.54) is 13.8 Å². The molecule has 6 heteroatoms. The van der Waals surface area contributed by atoms with Crippen molar-refractivity contribution in [1.82, 2.24) is 5.32 Å². The van der Waals surface area contributed by atoms with Crippen molar-refractivity contribution in [2.24, 2.45) is 5.73 Å². The van der Waals surface area contributed by atoms with Crippen LogP contribution in [-0.2, 0) is 9.53 Å². The first-order valence-corrected chi connectivity index (χ1v) is 3.77. The van der Waals surface area contributed by atoms with E-state index < -0.39 is 17.6 Å². The Morgan fingerprint density at radius 3 is 2.46 bits per heavy atom. The minimum Gasteiger partial charge on any atom is -0.448 e. The molecular weight excluding hydrogens is 176 g/mol. The number of aliphatic hydroxyl groups is 1. The SMILES string of the molecule is CC(C)(O)C(=O)NCCOC(N)=O. The smallest absolute Gasteiger partial charge is 0.404 e. The Hall–Kier alpha value is -1.30. The summed E-state index contributed by atoms with van der Waals surface area (Å²) in [6, 6.07) is 0. The number of primary amides is 1. The Morgan fingerprint density at radius 1 is 1.54 bits per heavy atom. The molecule has 0 atom stereocenters. The third-order valence-electron chi connectivity index (χ3n) is 1.19. The standard InChI is InChI=1S/C7H14N2O4/c1-7(2,12)5(10)9-3-4-13-6(8)11/h12H,3-4H2,1-2H3,(H2,8,11)(H,9,10). The van der Waals surface area contributed by atoms with E-state index in [-0.39, 0.29) is 13.2 Å². The summed E-state index contributed by atoms with van der Waals surface area (Å²) in [5.41, 5.74) is 3.25. The number of nitrogens with one attached hydrogen (secondary N) is 1. The van der Waals surface area contributed by atoms with E-state index in [9.17, 15) is 9.59 Å². The lowest BCUT2D eigenvalue weighted by Gasteiger charge is -2.16. The number of carbonyl (C=O) groups excluding carboxylic acids is 2. The fourth-order valence-electron chi connectivity index (χ4n) is 0.532. The number of carbonyl (C=O) groups is 2. The summed E-state index contributed by atoms with van der Waals surface area (Å²) in [5.74, 6) is -0.527. The average molecular weight is 190 g/mol. The van der Waals surface area contributed by atoms with Crippen LogP contribution in [0.4, 0.5) is 4.79 Å². The molecule has 0 aliphatic rings. The Labute approximate surface area is 76.0 Å². The Balaban J connectivity index is 3.55. The first-order chi connectivity index (χ1) is 5.84. The van der Waals surface area contributed by atoms with Gasteiger partial charge in [-0.2, -0.15) is 0 Å². The van der Waals surface area contributed by atoms with Crippen molar-refractivity contribution in [2.45, 2.75) is 19.4 Å². The number of rotatable bonds is 4. The summed E-state index contributed by atoms with van der Waals surface area (Å²) in [6.07, 6.45) is -0.891. The third-order valence-corrected chi connectivity index (χ3v) is 1.19. The van der Waals surface area contributed by atoms with Crippen LogP contribution >= 0.6 is 0 Å². The highest BCUT2D eigenvalue weighted by Gasteiger charge is 2.22. The topological polar surface area (TPSA) is 102 Å². The fraction of sp³-hybridized carbons (Fsp3) is 0.714. The molecule has 0 spiro atoms. The van der Waals surface area contributed by atoms with Crippen LogP contribution in [0.1, 0.15) is 13.8 Å². The lowest BCUT2D eigenvalue weighted by molar-refractivity contribution is -0.136. The largest absolute Gasteiger partial charge is 0.448 e. The van der Waals surface area contributed by atoms with Gasteiger partial charge in [-0.3, -0.25) is 4.79 Å². The van der Waals surface area contributed by atoms with Crippen LogP contribution in [0.15, 0.2) is 0 Å². The zero-order chi connectivity index (χ0) is 10.5. The van der Waals surface area contributed by atoms with Crippen molar-refractivity contribution in [2.75, 3.05) is 13.2 Å². The summed E-state index contributed by atoms with van der Waals surface area (Å²) in [7, 11) is 0. The first-order valence-electron chi connectivity index (χ1n) is 3.77. The molecule has 0 fully saturated rings. The number of ether oxygens (including phenoxy) is 1. The highest BCUT2D eigenvalue weighted by Crippen LogP contribution is 1.98. The normalized spacial score (nSPS) is 10.7. The minimum atomic E-state index is -1.42. The molecule has 0 saturated carbocycles. The van der Waals surface area contributed by atoms with Gasteiger partial charge < -0.3 is 20.9 Å². The van der Waals surface area contributed by atoms with Gasteiger partial charge in [-0.15, -0.1) is 0 Å². The number of hydrogen-bond donors (Lipinski definition) is 3. The predicted octanol–water partition coefficient (Wildman–Crippen LogP) is -1.03. The maximum atomic E-state index is 11.0. The van der Waals surface area contributed by atoms with Gasteiger partial charge in [0.2, 0.25) is 0 Å². The molecule has 0 rings (SSSR count). The van der Waals surface area contributed by atoms with Crippen LogP contribution in [0.2, 0.25) is 0 Å². The van der Waals surface area contributed by atoms with E-state index in [1.807, 2.05) is 0 Å². The van der Waals surface area contributed by atoms with Gasteiger partial charge in [0.05, 0.1) is 6.54 Å². The van der Waals surface area contributed by atoms with Crippen LogP contribution in [0.5, 0.6) is 0 Å². The summed E-state index contributed by atoms with van der Waals surface area (Å²) in [5, 5.41) is 11.5. The molecule has 0 radical (unpaired) electrons. The molecule has 6 nitrogen and oxygen atoms in total. The molecule has 0 aliphatic carbocycles. The van der Waals surface area contributed by atoms with Crippen molar-refractivity contribution in [3.8, 4) is 0 Å². The van der Waals surface area contributed by atoms with Crippen LogP contribution in [0.25, 0.3) is 0 Å². The van der Waals surface area contributed by atoms with Crippen molar-refractivity contribution < 1.29 is 19.4 Å². The molecular formula is C7H14N2O4. The molecule has 0 saturated heterocycles.